The van der Waals surface area contributed by atoms with Crippen LogP contribution in [-0.2, 0) is 0 Å². The van der Waals surface area contributed by atoms with E-state index in [4.69, 9.17) is 0 Å². The Kier molecular flexibility index (Phi) is 10.4. The predicted molar refractivity (Wildman–Crippen MR) is 47.8 cm³/mol. The Morgan fingerprint density at radius 3 is 2.00 bits per heavy atom. The lowest BCUT2D eigenvalue weighted by molar-refractivity contribution is 0.632. The zero-order valence-corrected chi connectivity index (χ0v) is 6.22. The van der Waals surface area contributed by atoms with Crippen LogP contribution >= 0.6 is 11.8 Å². The van der Waals surface area contributed by atoms with Crippen molar-refractivity contribution < 1.29 is 0 Å². The molecule has 0 unspecified atom stereocenters. The van der Waals surface area contributed by atoms with Crippen molar-refractivity contribution in [3.8, 4) is 0 Å². The van der Waals surface area contributed by atoms with Crippen LogP contribution in [0.2, 0.25) is 0 Å². The molecule has 0 atom stereocenters. The molecule has 0 aromatic heterocycles. The molecular weight excluding hydrogens is 115 g/mol. The largest absolute Gasteiger partial charge is 0.165 e. The van der Waals surface area contributed by atoms with E-state index in [2.05, 4.69) is 20.1 Å². The van der Waals surface area contributed by atoms with Crippen molar-refractivity contribution in [2.24, 2.45) is 5.92 Å². The van der Waals surface area contributed by atoms with Gasteiger partial charge in [-0.3, -0.25) is 0 Å². The summed E-state index contributed by atoms with van der Waals surface area (Å²) in [6.45, 7) is 4.52. The highest BCUT2D eigenvalue weighted by Gasteiger charge is 1.89. The maximum Gasteiger partial charge on any atom is 0.0814 e. The second-order valence-electron chi connectivity index (χ2n) is 2.18. The van der Waals surface area contributed by atoms with E-state index in [1.165, 1.54) is 12.2 Å². The van der Waals surface area contributed by atoms with Gasteiger partial charge >= 0.3 is 0 Å². The fourth-order valence-electron chi connectivity index (χ4n) is 0.354. The molecule has 0 aliphatic heterocycles. The fraction of sp³-hybridized carbons (Fsp3) is 1.00. The van der Waals surface area contributed by atoms with E-state index in [9.17, 15) is 0 Å². The van der Waals surface area contributed by atoms with Crippen LogP contribution in [0.4, 0.5) is 0 Å². The Morgan fingerprint density at radius 2 is 1.88 bits per heavy atom. The molecule has 0 bridgehead atoms. The summed E-state index contributed by atoms with van der Waals surface area (Å²) in [5, 5.41) is 0. The van der Waals surface area contributed by atoms with E-state index >= 15 is 0 Å². The van der Waals surface area contributed by atoms with Crippen LogP contribution in [0.3, 0.4) is 0 Å². The highest BCUT2D eigenvalue weighted by atomic mass is 32.2. The molecule has 2 heteroatoms. The molecule has 0 saturated carbocycles. The molecule has 50 valence electrons. The molecule has 0 saturated heterocycles. The normalized spacial score (nSPS) is 9.00. The molecule has 0 aliphatic carbocycles. The minimum Gasteiger partial charge on any atom is -0.165 e. The molecule has 0 aromatic carbocycles. The van der Waals surface area contributed by atoms with E-state index < -0.39 is 0 Å². The third kappa shape index (κ3) is 9.65. The van der Waals surface area contributed by atoms with Gasteiger partial charge < -0.3 is 0 Å². The standard InChI is InChI=1S/C6H14S.BH3/c1-6(2)4-5-7-3;/h6H,4-5H2,1-3H3;1H3. The molecule has 0 amide bonds. The summed E-state index contributed by atoms with van der Waals surface area (Å²) < 4.78 is 0. The molecule has 8 heavy (non-hydrogen) atoms. The van der Waals surface area contributed by atoms with Gasteiger partial charge in [0.25, 0.3) is 0 Å². The number of thioether (sulfide) groups is 1. The van der Waals surface area contributed by atoms with Crippen molar-refractivity contribution >= 4 is 20.2 Å². The van der Waals surface area contributed by atoms with Gasteiger partial charge in [-0.25, -0.2) is 0 Å². The van der Waals surface area contributed by atoms with Crippen molar-refractivity contribution in [2.75, 3.05) is 12.0 Å². The number of hydrogen-bond donors (Lipinski definition) is 0. The van der Waals surface area contributed by atoms with Crippen LogP contribution < -0.4 is 0 Å². The molecule has 0 N–H and O–H groups in total. The van der Waals surface area contributed by atoms with E-state index in [0.29, 0.717) is 0 Å². The average molecular weight is 132 g/mol. The Hall–Kier alpha value is 0.415. The smallest absolute Gasteiger partial charge is 0.0814 e. The van der Waals surface area contributed by atoms with Crippen molar-refractivity contribution in [1.82, 2.24) is 0 Å². The quantitative estimate of drug-likeness (QED) is 0.520. The van der Waals surface area contributed by atoms with Crippen molar-refractivity contribution in [3.63, 3.8) is 0 Å². The van der Waals surface area contributed by atoms with Crippen molar-refractivity contribution in [3.05, 3.63) is 0 Å². The van der Waals surface area contributed by atoms with Crippen LogP contribution in [0.1, 0.15) is 20.3 Å². The Morgan fingerprint density at radius 1 is 1.38 bits per heavy atom. The van der Waals surface area contributed by atoms with Gasteiger partial charge in [0.15, 0.2) is 0 Å². The topological polar surface area (TPSA) is 0 Å². The summed E-state index contributed by atoms with van der Waals surface area (Å²) in [4.78, 5) is 0. The summed E-state index contributed by atoms with van der Waals surface area (Å²) in [6, 6.07) is 0. The van der Waals surface area contributed by atoms with E-state index in [0.717, 1.165) is 5.92 Å². The molecular formula is C6H17BS. The molecule has 0 rings (SSSR count). The van der Waals surface area contributed by atoms with Crippen LogP contribution in [0.5, 0.6) is 0 Å². The molecule has 0 spiro atoms. The molecule has 0 heterocycles. The first-order valence-corrected chi connectivity index (χ1v) is 4.15. The van der Waals surface area contributed by atoms with Gasteiger partial charge in [-0.05, 0) is 24.3 Å². The fourth-order valence-corrected chi connectivity index (χ4v) is 1.06. The summed E-state index contributed by atoms with van der Waals surface area (Å²) in [7, 11) is 0. The first-order valence-electron chi connectivity index (χ1n) is 2.76. The van der Waals surface area contributed by atoms with E-state index in [1.54, 1.807) is 0 Å². The van der Waals surface area contributed by atoms with Crippen LogP contribution in [0.15, 0.2) is 0 Å². The highest BCUT2D eigenvalue weighted by molar-refractivity contribution is 7.98. The highest BCUT2D eigenvalue weighted by Crippen LogP contribution is 2.03. The first kappa shape index (κ1) is 11.2. The van der Waals surface area contributed by atoms with Crippen LogP contribution in [-0.4, -0.2) is 20.4 Å². The maximum absolute atomic E-state index is 2.26. The average Bonchev–Trinajstić information content (AvgIpc) is 1.61. The van der Waals surface area contributed by atoms with Crippen LogP contribution in [0, 0.1) is 5.92 Å². The third-order valence-corrected chi connectivity index (χ3v) is 1.54. The molecule has 0 radical (unpaired) electrons. The lowest BCUT2D eigenvalue weighted by atomic mass is 10.2. The van der Waals surface area contributed by atoms with Crippen molar-refractivity contribution in [1.29, 1.82) is 0 Å². The monoisotopic (exact) mass is 132 g/mol. The number of hydrogen-bond acceptors (Lipinski definition) is 1. The first-order chi connectivity index (χ1) is 3.27. The van der Waals surface area contributed by atoms with Gasteiger partial charge in [-0.2, -0.15) is 11.8 Å². The van der Waals surface area contributed by atoms with Crippen molar-refractivity contribution in [2.45, 2.75) is 20.3 Å². The summed E-state index contributed by atoms with van der Waals surface area (Å²) in [5.41, 5.74) is 0. The third-order valence-electron chi connectivity index (χ3n) is 0.899. The van der Waals surface area contributed by atoms with Gasteiger partial charge in [-0.15, -0.1) is 0 Å². The molecule has 0 aromatic rings. The Balaban J connectivity index is 0. The molecule has 0 fully saturated rings. The van der Waals surface area contributed by atoms with Crippen LogP contribution in [0.25, 0.3) is 0 Å². The SMILES string of the molecule is B.CSCCC(C)C. The lowest BCUT2D eigenvalue weighted by Crippen LogP contribution is -1.87. The van der Waals surface area contributed by atoms with Gasteiger partial charge in [-0.1, -0.05) is 13.8 Å². The van der Waals surface area contributed by atoms with Gasteiger partial charge in [0, 0.05) is 0 Å². The summed E-state index contributed by atoms with van der Waals surface area (Å²) >= 11 is 1.93. The summed E-state index contributed by atoms with van der Waals surface area (Å²) in [5.74, 6) is 2.20. The van der Waals surface area contributed by atoms with Gasteiger partial charge in [0.1, 0.15) is 0 Å². The maximum atomic E-state index is 2.26. The summed E-state index contributed by atoms with van der Waals surface area (Å²) in [6.07, 6.45) is 3.52. The predicted octanol–water partition coefficient (Wildman–Crippen LogP) is 1.21. The minimum atomic E-state index is 0. The molecule has 0 aliphatic rings. The lowest BCUT2D eigenvalue weighted by Gasteiger charge is -1.98. The minimum absolute atomic E-state index is 0. The zero-order valence-electron chi connectivity index (χ0n) is 5.40. The van der Waals surface area contributed by atoms with E-state index in [1.807, 2.05) is 11.8 Å². The van der Waals surface area contributed by atoms with Gasteiger partial charge in [0.05, 0.1) is 8.41 Å². The second kappa shape index (κ2) is 7.41. The second-order valence-corrected chi connectivity index (χ2v) is 3.16. The van der Waals surface area contributed by atoms with E-state index in [-0.39, 0.29) is 8.41 Å². The Bertz CT molecular complexity index is 37.5. The molecule has 0 nitrogen and oxygen atoms in total. The Labute approximate surface area is 59.0 Å². The number of rotatable bonds is 3. The van der Waals surface area contributed by atoms with Gasteiger partial charge in [0.2, 0.25) is 0 Å². The zero-order chi connectivity index (χ0) is 5.70.